The van der Waals surface area contributed by atoms with Gasteiger partial charge < -0.3 is 10.8 Å². The lowest BCUT2D eigenvalue weighted by molar-refractivity contribution is -0.137. The molecule has 20 heavy (non-hydrogen) atoms. The second-order valence-electron chi connectivity index (χ2n) is 5.07. The summed E-state index contributed by atoms with van der Waals surface area (Å²) in [4.78, 5) is 10.7. The van der Waals surface area contributed by atoms with Gasteiger partial charge in [0.2, 0.25) is 0 Å². The third-order valence-electron chi connectivity index (χ3n) is 3.56. The van der Waals surface area contributed by atoms with Gasteiger partial charge in [-0.2, -0.15) is 0 Å². The Hall–Kier alpha value is -0.770. The van der Waals surface area contributed by atoms with Crippen LogP contribution in [0, 0.1) is 5.92 Å². The molecule has 0 amide bonds. The number of benzene rings is 1. The number of carboxylic acid groups (broad SMARTS) is 1. The fourth-order valence-corrected chi connectivity index (χ4v) is 2.67. The van der Waals surface area contributed by atoms with Crippen LogP contribution in [-0.4, -0.2) is 17.1 Å². The van der Waals surface area contributed by atoms with E-state index in [9.17, 15) is 4.79 Å². The summed E-state index contributed by atoms with van der Waals surface area (Å²) in [5.74, 6) is -0.589. The second-order valence-corrected chi connectivity index (χ2v) is 5.89. The van der Waals surface area contributed by atoms with Gasteiger partial charge in [0, 0.05) is 6.04 Å². The fraction of sp³-hybridized carbons (Fsp3) is 0.533. The summed E-state index contributed by atoms with van der Waals surface area (Å²) >= 11 is 11.8. The maximum atomic E-state index is 10.7. The molecule has 1 rings (SSSR count). The minimum atomic E-state index is -0.833. The van der Waals surface area contributed by atoms with Gasteiger partial charge in [0.25, 0.3) is 0 Å². The molecule has 0 heterocycles. The molecule has 112 valence electrons. The highest BCUT2D eigenvalue weighted by Gasteiger charge is 2.18. The molecule has 0 saturated heterocycles. The monoisotopic (exact) mass is 317 g/mol. The van der Waals surface area contributed by atoms with Gasteiger partial charge in [0.05, 0.1) is 16.5 Å². The van der Waals surface area contributed by atoms with Crippen molar-refractivity contribution in [2.75, 3.05) is 0 Å². The van der Waals surface area contributed by atoms with Crippen LogP contribution in [0.5, 0.6) is 0 Å². The average Bonchev–Trinajstić information content (AvgIpc) is 2.37. The Balaban J connectivity index is 2.44. The van der Waals surface area contributed by atoms with E-state index in [1.165, 1.54) is 0 Å². The third kappa shape index (κ3) is 5.70. The molecule has 0 spiro atoms. The average molecular weight is 318 g/mol. The summed E-state index contributed by atoms with van der Waals surface area (Å²) in [6.07, 6.45) is 3.71. The number of carboxylic acids is 1. The van der Waals surface area contributed by atoms with E-state index in [0.29, 0.717) is 10.0 Å². The number of nitrogens with two attached hydrogens (primary N) is 1. The van der Waals surface area contributed by atoms with Gasteiger partial charge in [-0.05, 0) is 42.9 Å². The molecule has 0 saturated carbocycles. The maximum absolute atomic E-state index is 10.7. The number of aliphatic carboxylic acids is 1. The predicted octanol–water partition coefficient (Wildman–Crippen LogP) is 4.14. The van der Waals surface area contributed by atoms with Crippen molar-refractivity contribution in [3.05, 3.63) is 33.8 Å². The van der Waals surface area contributed by atoms with Crippen LogP contribution in [0.2, 0.25) is 10.0 Å². The third-order valence-corrected chi connectivity index (χ3v) is 4.30. The molecule has 1 aromatic carbocycles. The van der Waals surface area contributed by atoms with Crippen LogP contribution in [-0.2, 0) is 11.2 Å². The van der Waals surface area contributed by atoms with Crippen molar-refractivity contribution in [3.63, 3.8) is 0 Å². The zero-order valence-corrected chi connectivity index (χ0v) is 13.1. The number of hydrogen-bond acceptors (Lipinski definition) is 2. The molecule has 0 fully saturated rings. The van der Waals surface area contributed by atoms with Crippen molar-refractivity contribution in [3.8, 4) is 0 Å². The van der Waals surface area contributed by atoms with Crippen molar-refractivity contribution in [1.29, 1.82) is 0 Å². The Kier molecular flexibility index (Phi) is 7.35. The number of halogens is 2. The second kappa shape index (κ2) is 8.50. The summed E-state index contributed by atoms with van der Waals surface area (Å²) in [7, 11) is 0. The van der Waals surface area contributed by atoms with Gasteiger partial charge >= 0.3 is 5.97 Å². The molecular formula is C15H21Cl2NO2. The summed E-state index contributed by atoms with van der Waals surface area (Å²) < 4.78 is 0. The topological polar surface area (TPSA) is 63.3 Å². The van der Waals surface area contributed by atoms with Gasteiger partial charge in [-0.25, -0.2) is 0 Å². The molecule has 2 atom stereocenters. The lowest BCUT2D eigenvalue weighted by Gasteiger charge is -2.21. The van der Waals surface area contributed by atoms with Gasteiger partial charge in [0.1, 0.15) is 0 Å². The summed E-state index contributed by atoms with van der Waals surface area (Å²) in [5, 5.41) is 9.91. The van der Waals surface area contributed by atoms with Crippen LogP contribution in [0.4, 0.5) is 0 Å². The zero-order valence-electron chi connectivity index (χ0n) is 11.6. The molecule has 0 aromatic heterocycles. The number of hydrogen-bond donors (Lipinski definition) is 2. The van der Waals surface area contributed by atoms with Crippen molar-refractivity contribution >= 4 is 29.2 Å². The molecule has 0 aliphatic carbocycles. The predicted molar refractivity (Wildman–Crippen MR) is 83.4 cm³/mol. The molecular weight excluding hydrogens is 297 g/mol. The maximum Gasteiger partial charge on any atom is 0.304 e. The first kappa shape index (κ1) is 17.3. The SMILES string of the molecule is CCC(CCCc1ccc(Cl)c(Cl)c1)C(N)CC(=O)O. The standard InChI is InChI=1S/C15H21Cl2NO2/c1-2-11(14(18)9-15(19)20)5-3-4-10-6-7-12(16)13(17)8-10/h6-8,11,14H,2-5,9,18H2,1H3,(H,19,20). The van der Waals surface area contributed by atoms with E-state index in [0.717, 1.165) is 31.2 Å². The van der Waals surface area contributed by atoms with Crippen LogP contribution in [0.25, 0.3) is 0 Å². The van der Waals surface area contributed by atoms with Crippen LogP contribution < -0.4 is 5.73 Å². The van der Waals surface area contributed by atoms with E-state index in [4.69, 9.17) is 34.0 Å². The Morgan fingerprint density at radius 1 is 1.35 bits per heavy atom. The molecule has 3 N–H and O–H groups in total. The quantitative estimate of drug-likeness (QED) is 0.757. The van der Waals surface area contributed by atoms with Crippen molar-refractivity contribution in [2.45, 2.75) is 45.1 Å². The molecule has 0 aliphatic rings. The highest BCUT2D eigenvalue weighted by atomic mass is 35.5. The highest BCUT2D eigenvalue weighted by molar-refractivity contribution is 6.42. The van der Waals surface area contributed by atoms with Crippen LogP contribution in [0.1, 0.15) is 38.2 Å². The smallest absolute Gasteiger partial charge is 0.304 e. The summed E-state index contributed by atoms with van der Waals surface area (Å²) in [6, 6.07) is 5.37. The van der Waals surface area contributed by atoms with Crippen LogP contribution in [0.3, 0.4) is 0 Å². The molecule has 0 radical (unpaired) electrons. The molecule has 2 unspecified atom stereocenters. The minimum Gasteiger partial charge on any atom is -0.481 e. The van der Waals surface area contributed by atoms with Crippen molar-refractivity contribution < 1.29 is 9.90 Å². The first-order chi connectivity index (χ1) is 9.43. The highest BCUT2D eigenvalue weighted by Crippen LogP contribution is 2.24. The number of carbonyl (C=O) groups is 1. The Labute approximate surface area is 130 Å². The van der Waals surface area contributed by atoms with E-state index in [2.05, 4.69) is 0 Å². The molecule has 1 aromatic rings. The number of aryl methyl sites for hydroxylation is 1. The lowest BCUT2D eigenvalue weighted by Crippen LogP contribution is -2.32. The van der Waals surface area contributed by atoms with Crippen molar-refractivity contribution in [1.82, 2.24) is 0 Å². The fourth-order valence-electron chi connectivity index (χ4n) is 2.35. The lowest BCUT2D eigenvalue weighted by atomic mass is 9.89. The minimum absolute atomic E-state index is 0.0330. The number of rotatable bonds is 8. The van der Waals surface area contributed by atoms with E-state index < -0.39 is 5.97 Å². The van der Waals surface area contributed by atoms with E-state index in [1.807, 2.05) is 19.1 Å². The zero-order chi connectivity index (χ0) is 15.1. The van der Waals surface area contributed by atoms with Crippen LogP contribution >= 0.6 is 23.2 Å². The first-order valence-corrected chi connectivity index (χ1v) is 7.61. The summed E-state index contributed by atoms with van der Waals surface area (Å²) in [6.45, 7) is 2.05. The van der Waals surface area contributed by atoms with E-state index in [1.54, 1.807) is 6.07 Å². The van der Waals surface area contributed by atoms with E-state index >= 15 is 0 Å². The molecule has 5 heteroatoms. The first-order valence-electron chi connectivity index (χ1n) is 6.85. The van der Waals surface area contributed by atoms with Gasteiger partial charge in [0.15, 0.2) is 0 Å². The Morgan fingerprint density at radius 3 is 2.60 bits per heavy atom. The van der Waals surface area contributed by atoms with Gasteiger partial charge in [-0.15, -0.1) is 0 Å². The largest absolute Gasteiger partial charge is 0.481 e. The van der Waals surface area contributed by atoms with Gasteiger partial charge in [-0.1, -0.05) is 42.6 Å². The van der Waals surface area contributed by atoms with Crippen LogP contribution in [0.15, 0.2) is 18.2 Å². The Bertz CT molecular complexity index is 451. The van der Waals surface area contributed by atoms with Gasteiger partial charge in [-0.3, -0.25) is 4.79 Å². The molecule has 0 bridgehead atoms. The van der Waals surface area contributed by atoms with Crippen molar-refractivity contribution in [2.24, 2.45) is 11.7 Å². The molecule has 3 nitrogen and oxygen atoms in total. The normalized spacial score (nSPS) is 14.0. The Morgan fingerprint density at radius 2 is 2.05 bits per heavy atom. The van der Waals surface area contributed by atoms with E-state index in [-0.39, 0.29) is 18.4 Å². The molecule has 0 aliphatic heterocycles. The summed E-state index contributed by atoms with van der Waals surface area (Å²) in [5.41, 5.74) is 7.07.